The van der Waals surface area contributed by atoms with Crippen molar-refractivity contribution in [2.45, 2.75) is 26.8 Å². The smallest absolute Gasteiger partial charge is 0.243 e. The number of ether oxygens (including phenoxy) is 1. The van der Waals surface area contributed by atoms with Gasteiger partial charge in [-0.15, -0.1) is 11.3 Å². The van der Waals surface area contributed by atoms with Gasteiger partial charge in [0.25, 0.3) is 0 Å². The molecule has 1 aromatic rings. The zero-order chi connectivity index (χ0) is 17.9. The minimum absolute atomic E-state index is 0.0264. The van der Waals surface area contributed by atoms with Crippen LogP contribution in [0.4, 0.5) is 0 Å². The quantitative estimate of drug-likeness (QED) is 0.411. The van der Waals surface area contributed by atoms with Gasteiger partial charge in [0.2, 0.25) is 5.91 Å². The van der Waals surface area contributed by atoms with E-state index in [0.29, 0.717) is 19.1 Å². The monoisotopic (exact) mass is 355 g/mol. The second-order valence-electron chi connectivity index (χ2n) is 5.62. The number of carbonyl (C=O) groups excluding carboxylic acids is 1. The van der Waals surface area contributed by atoms with Gasteiger partial charge < -0.3 is 19.9 Å². The number of thiazole rings is 1. The Hall–Kier alpha value is -1.67. The molecular weight excluding hydrogens is 326 g/mol. The van der Waals surface area contributed by atoms with Crippen molar-refractivity contribution in [1.29, 1.82) is 0 Å². The highest BCUT2D eigenvalue weighted by Crippen LogP contribution is 2.09. The van der Waals surface area contributed by atoms with Crippen molar-refractivity contribution in [2.24, 2.45) is 4.99 Å². The number of nitrogens with one attached hydrogen (secondary N) is 1. The van der Waals surface area contributed by atoms with Crippen molar-refractivity contribution in [3.63, 3.8) is 0 Å². The van der Waals surface area contributed by atoms with E-state index in [1.807, 2.05) is 31.2 Å². The molecule has 0 saturated carbocycles. The minimum Gasteiger partial charge on any atom is -0.382 e. The first kappa shape index (κ1) is 20.4. The van der Waals surface area contributed by atoms with Crippen LogP contribution in [0, 0.1) is 6.92 Å². The maximum Gasteiger partial charge on any atom is 0.243 e. The van der Waals surface area contributed by atoms with Gasteiger partial charge in [-0.25, -0.2) is 9.98 Å². The van der Waals surface area contributed by atoms with Crippen molar-refractivity contribution in [3.05, 3.63) is 16.1 Å². The molecule has 7 nitrogen and oxygen atoms in total. The number of hydrogen-bond acceptors (Lipinski definition) is 5. The molecule has 24 heavy (non-hydrogen) atoms. The van der Waals surface area contributed by atoms with Crippen LogP contribution in [0.2, 0.25) is 0 Å². The molecule has 1 rings (SSSR count). The van der Waals surface area contributed by atoms with Crippen LogP contribution < -0.4 is 5.32 Å². The van der Waals surface area contributed by atoms with E-state index in [0.717, 1.165) is 30.3 Å². The fourth-order valence-corrected chi connectivity index (χ4v) is 2.52. The summed E-state index contributed by atoms with van der Waals surface area (Å²) in [7, 11) is 5.41. The van der Waals surface area contributed by atoms with Gasteiger partial charge in [0.05, 0.1) is 17.2 Å². The van der Waals surface area contributed by atoms with E-state index in [1.54, 1.807) is 30.3 Å². The van der Waals surface area contributed by atoms with Gasteiger partial charge in [-0.1, -0.05) is 0 Å². The summed E-state index contributed by atoms with van der Waals surface area (Å²) in [5.74, 6) is 0.675. The summed E-state index contributed by atoms with van der Waals surface area (Å²) >= 11 is 1.63. The lowest BCUT2D eigenvalue weighted by Crippen LogP contribution is -2.40. The molecule has 0 aliphatic carbocycles. The molecule has 0 bridgehead atoms. The predicted octanol–water partition coefficient (Wildman–Crippen LogP) is 1.34. The predicted molar refractivity (Wildman–Crippen MR) is 98.4 cm³/mol. The number of carbonyl (C=O) groups is 1. The Morgan fingerprint density at radius 3 is 2.75 bits per heavy atom. The van der Waals surface area contributed by atoms with Gasteiger partial charge in [-0.2, -0.15) is 0 Å². The molecule has 0 aromatic carbocycles. The van der Waals surface area contributed by atoms with E-state index in [9.17, 15) is 4.79 Å². The highest BCUT2D eigenvalue weighted by atomic mass is 32.1. The van der Waals surface area contributed by atoms with E-state index in [-0.39, 0.29) is 12.5 Å². The number of aromatic nitrogens is 1. The minimum atomic E-state index is -0.0264. The first-order valence-electron chi connectivity index (χ1n) is 8.12. The molecule has 1 N–H and O–H groups in total. The standard InChI is InChI=1S/C16H29N5O2S/c1-6-23-9-7-8-17-16(18-10-15(22)20(3)4)21(5)11-14-12-24-13(2)19-14/h12H,6-11H2,1-5H3,(H,17,18). The van der Waals surface area contributed by atoms with Crippen LogP contribution in [0.5, 0.6) is 0 Å². The van der Waals surface area contributed by atoms with Crippen molar-refractivity contribution < 1.29 is 9.53 Å². The van der Waals surface area contributed by atoms with E-state index >= 15 is 0 Å². The molecule has 0 unspecified atom stereocenters. The van der Waals surface area contributed by atoms with Crippen molar-refractivity contribution in [3.8, 4) is 0 Å². The van der Waals surface area contributed by atoms with Crippen LogP contribution in [-0.4, -0.2) is 74.1 Å². The average Bonchev–Trinajstić information content (AvgIpc) is 2.94. The lowest BCUT2D eigenvalue weighted by Gasteiger charge is -2.22. The summed E-state index contributed by atoms with van der Waals surface area (Å²) in [6, 6.07) is 0. The summed E-state index contributed by atoms with van der Waals surface area (Å²) in [6.07, 6.45) is 0.887. The van der Waals surface area contributed by atoms with Crippen LogP contribution in [-0.2, 0) is 16.1 Å². The Morgan fingerprint density at radius 2 is 2.17 bits per heavy atom. The van der Waals surface area contributed by atoms with Gasteiger partial charge in [0.1, 0.15) is 6.54 Å². The summed E-state index contributed by atoms with van der Waals surface area (Å²) in [4.78, 5) is 24.2. The number of rotatable bonds is 9. The Balaban J connectivity index is 2.63. The molecule has 0 atom stereocenters. The van der Waals surface area contributed by atoms with Gasteiger partial charge in [0, 0.05) is 46.3 Å². The normalized spacial score (nSPS) is 11.5. The maximum atomic E-state index is 11.8. The molecule has 0 aliphatic rings. The molecule has 0 radical (unpaired) electrons. The van der Waals surface area contributed by atoms with Crippen molar-refractivity contribution in [1.82, 2.24) is 20.1 Å². The molecule has 1 aromatic heterocycles. The van der Waals surface area contributed by atoms with E-state index < -0.39 is 0 Å². The fourth-order valence-electron chi connectivity index (χ4n) is 1.91. The Bertz CT molecular complexity index is 530. The third-order valence-electron chi connectivity index (χ3n) is 3.24. The number of aliphatic imine (C=N–C) groups is 1. The molecule has 8 heteroatoms. The highest BCUT2D eigenvalue weighted by Gasteiger charge is 2.11. The van der Waals surface area contributed by atoms with Crippen LogP contribution in [0.25, 0.3) is 0 Å². The lowest BCUT2D eigenvalue weighted by atomic mass is 10.4. The van der Waals surface area contributed by atoms with Gasteiger partial charge in [-0.3, -0.25) is 4.79 Å². The summed E-state index contributed by atoms with van der Waals surface area (Å²) in [6.45, 7) is 6.93. The number of nitrogens with zero attached hydrogens (tertiary/aromatic N) is 4. The van der Waals surface area contributed by atoms with Crippen molar-refractivity contribution >= 4 is 23.2 Å². The molecule has 1 heterocycles. The first-order chi connectivity index (χ1) is 11.4. The zero-order valence-corrected chi connectivity index (χ0v) is 16.2. The number of amides is 1. The van der Waals surface area contributed by atoms with Crippen LogP contribution in [0.15, 0.2) is 10.4 Å². The third-order valence-corrected chi connectivity index (χ3v) is 4.07. The van der Waals surface area contributed by atoms with E-state index in [2.05, 4.69) is 15.3 Å². The number of likely N-dealkylation sites (N-methyl/N-ethyl adjacent to an activating group) is 1. The largest absolute Gasteiger partial charge is 0.382 e. The Morgan fingerprint density at radius 1 is 1.42 bits per heavy atom. The average molecular weight is 356 g/mol. The topological polar surface area (TPSA) is 70.1 Å². The summed E-state index contributed by atoms with van der Waals surface area (Å²) < 4.78 is 5.34. The van der Waals surface area contributed by atoms with Crippen LogP contribution in [0.3, 0.4) is 0 Å². The van der Waals surface area contributed by atoms with Crippen LogP contribution in [0.1, 0.15) is 24.0 Å². The maximum absolute atomic E-state index is 11.8. The molecule has 0 saturated heterocycles. The van der Waals surface area contributed by atoms with Gasteiger partial charge in [0.15, 0.2) is 5.96 Å². The lowest BCUT2D eigenvalue weighted by molar-refractivity contribution is -0.127. The van der Waals surface area contributed by atoms with E-state index in [1.165, 1.54) is 0 Å². The van der Waals surface area contributed by atoms with Gasteiger partial charge in [-0.05, 0) is 20.3 Å². The molecule has 136 valence electrons. The molecule has 1 amide bonds. The number of aryl methyl sites for hydroxylation is 1. The zero-order valence-electron chi connectivity index (χ0n) is 15.3. The number of hydrogen-bond donors (Lipinski definition) is 1. The van der Waals surface area contributed by atoms with Gasteiger partial charge >= 0.3 is 0 Å². The van der Waals surface area contributed by atoms with Crippen molar-refractivity contribution in [2.75, 3.05) is 47.4 Å². The Kier molecular flexibility index (Phi) is 9.33. The second kappa shape index (κ2) is 11.0. The third kappa shape index (κ3) is 7.74. The number of guanidine groups is 1. The second-order valence-corrected chi connectivity index (χ2v) is 6.68. The summed E-state index contributed by atoms with van der Waals surface area (Å²) in [5.41, 5.74) is 1.00. The molecule has 0 fully saturated rings. The fraction of sp³-hybridized carbons (Fsp3) is 0.688. The first-order valence-corrected chi connectivity index (χ1v) is 9.00. The summed E-state index contributed by atoms with van der Waals surface area (Å²) in [5, 5.41) is 6.39. The SMILES string of the molecule is CCOCCCNC(=NCC(=O)N(C)C)N(C)Cc1csc(C)n1. The van der Waals surface area contributed by atoms with E-state index in [4.69, 9.17) is 4.74 Å². The highest BCUT2D eigenvalue weighted by molar-refractivity contribution is 7.09. The van der Waals surface area contributed by atoms with Crippen LogP contribution >= 0.6 is 11.3 Å². The molecular formula is C16H29N5O2S. The Labute approximate surface area is 148 Å². The molecule has 0 spiro atoms. The molecule has 0 aliphatic heterocycles.